The minimum atomic E-state index is 0.897. The molecule has 1 aliphatic heterocycles. The molecule has 208 valence electrons. The molecule has 10 rings (SSSR count). The summed E-state index contributed by atoms with van der Waals surface area (Å²) in [6.45, 7) is 0. The van der Waals surface area contributed by atoms with Crippen molar-refractivity contribution in [2.24, 2.45) is 0 Å². The van der Waals surface area contributed by atoms with E-state index in [1.165, 1.54) is 76.1 Å². The Kier molecular flexibility index (Phi) is 5.06. The number of hydrogen-bond donors (Lipinski definition) is 0. The minimum absolute atomic E-state index is 0.897. The predicted molar refractivity (Wildman–Crippen MR) is 190 cm³/mol. The van der Waals surface area contributed by atoms with Gasteiger partial charge in [-0.2, -0.15) is 0 Å². The molecule has 0 spiro atoms. The summed E-state index contributed by atoms with van der Waals surface area (Å²) >= 11 is 0. The van der Waals surface area contributed by atoms with Gasteiger partial charge in [0.1, 0.15) is 11.5 Å². The van der Waals surface area contributed by atoms with Crippen LogP contribution in [0.1, 0.15) is 0 Å². The van der Waals surface area contributed by atoms with E-state index in [9.17, 15) is 0 Å². The van der Waals surface area contributed by atoms with Crippen LogP contribution in [0.5, 0.6) is 11.5 Å². The smallest absolute Gasteiger partial charge is 0.135 e. The molecular weight excluding hydrogens is 544 g/mol. The van der Waals surface area contributed by atoms with E-state index in [4.69, 9.17) is 4.74 Å². The zero-order valence-electron chi connectivity index (χ0n) is 24.4. The third-order valence-corrected chi connectivity index (χ3v) is 9.60. The second-order valence-corrected chi connectivity index (χ2v) is 12.0. The normalized spacial score (nSPS) is 12.2. The monoisotopic (exact) mass is 570 g/mol. The molecule has 0 fully saturated rings. The van der Waals surface area contributed by atoms with E-state index in [1.54, 1.807) is 0 Å². The molecule has 0 saturated heterocycles. The van der Waals surface area contributed by atoms with Crippen molar-refractivity contribution in [1.29, 1.82) is 0 Å². The Morgan fingerprint density at radius 1 is 0.311 bits per heavy atom. The van der Waals surface area contributed by atoms with Crippen molar-refractivity contribution in [3.05, 3.63) is 158 Å². The molecule has 1 nitrogen and oxygen atoms in total. The zero-order chi connectivity index (χ0) is 29.5. The Labute approximate surface area is 260 Å². The van der Waals surface area contributed by atoms with Crippen LogP contribution >= 0.6 is 0 Å². The van der Waals surface area contributed by atoms with Crippen LogP contribution in [0.15, 0.2) is 158 Å². The van der Waals surface area contributed by atoms with Crippen LogP contribution in [-0.2, 0) is 0 Å². The summed E-state index contributed by atoms with van der Waals surface area (Å²) in [6.07, 6.45) is 0. The third-order valence-electron chi connectivity index (χ3n) is 9.60. The summed E-state index contributed by atoms with van der Waals surface area (Å²) in [4.78, 5) is 0. The standard InChI is InChI=1S/C44H26O/c1-2-11-27(12-3-1)37-25-39-36-19-10-20-41-44(36)40(26-38(39)34-18-9-8-17-33(34)37)35-22-21-30(24-42(35)45-41)43-31-15-6-4-13-28(31)23-29-14-5-7-16-32(29)43/h1-26H. The largest absolute Gasteiger partial charge is 0.456 e. The van der Waals surface area contributed by atoms with Crippen molar-refractivity contribution >= 4 is 53.9 Å². The predicted octanol–water partition coefficient (Wildman–Crippen LogP) is 12.6. The summed E-state index contributed by atoms with van der Waals surface area (Å²) in [6, 6.07) is 57.2. The topological polar surface area (TPSA) is 9.23 Å². The summed E-state index contributed by atoms with van der Waals surface area (Å²) in [7, 11) is 0. The van der Waals surface area contributed by atoms with E-state index in [-0.39, 0.29) is 0 Å². The highest BCUT2D eigenvalue weighted by atomic mass is 16.5. The maximum absolute atomic E-state index is 6.79. The number of ether oxygens (including phenoxy) is 1. The Hall–Kier alpha value is -5.92. The first-order chi connectivity index (χ1) is 22.3. The van der Waals surface area contributed by atoms with Gasteiger partial charge >= 0.3 is 0 Å². The molecule has 0 N–H and O–H groups in total. The van der Waals surface area contributed by atoms with Gasteiger partial charge in [0, 0.05) is 10.9 Å². The zero-order valence-corrected chi connectivity index (χ0v) is 24.4. The minimum Gasteiger partial charge on any atom is -0.456 e. The van der Waals surface area contributed by atoms with Gasteiger partial charge in [-0.15, -0.1) is 0 Å². The van der Waals surface area contributed by atoms with Gasteiger partial charge in [-0.05, 0) is 113 Å². The summed E-state index contributed by atoms with van der Waals surface area (Å²) in [5.74, 6) is 1.81. The molecule has 0 unspecified atom stereocenters. The van der Waals surface area contributed by atoms with Crippen LogP contribution in [0, 0.1) is 0 Å². The van der Waals surface area contributed by atoms with Gasteiger partial charge in [-0.1, -0.05) is 121 Å². The van der Waals surface area contributed by atoms with Crippen molar-refractivity contribution in [2.75, 3.05) is 0 Å². The second-order valence-electron chi connectivity index (χ2n) is 12.0. The summed E-state index contributed by atoms with van der Waals surface area (Å²) in [5, 5.41) is 12.4. The molecule has 1 heteroatoms. The van der Waals surface area contributed by atoms with Crippen LogP contribution in [-0.4, -0.2) is 0 Å². The van der Waals surface area contributed by atoms with E-state index in [0.717, 1.165) is 22.6 Å². The van der Waals surface area contributed by atoms with E-state index < -0.39 is 0 Å². The van der Waals surface area contributed by atoms with E-state index in [1.807, 2.05) is 0 Å². The Balaban J connectivity index is 1.26. The lowest BCUT2D eigenvalue weighted by atomic mass is 9.85. The molecule has 0 bridgehead atoms. The van der Waals surface area contributed by atoms with Gasteiger partial charge in [0.15, 0.2) is 0 Å². The average molecular weight is 571 g/mol. The molecule has 0 amide bonds. The second kappa shape index (κ2) is 9.29. The maximum atomic E-state index is 6.79. The van der Waals surface area contributed by atoms with Crippen molar-refractivity contribution in [2.45, 2.75) is 0 Å². The fraction of sp³-hybridized carbons (Fsp3) is 0. The number of benzene rings is 9. The van der Waals surface area contributed by atoms with Crippen molar-refractivity contribution in [3.8, 4) is 44.9 Å². The van der Waals surface area contributed by atoms with Crippen LogP contribution < -0.4 is 4.74 Å². The molecular formula is C44H26O. The van der Waals surface area contributed by atoms with Gasteiger partial charge < -0.3 is 4.74 Å². The van der Waals surface area contributed by atoms with Crippen molar-refractivity contribution < 1.29 is 4.74 Å². The van der Waals surface area contributed by atoms with Crippen LogP contribution in [0.2, 0.25) is 0 Å². The fourth-order valence-corrected chi connectivity index (χ4v) is 7.61. The molecule has 9 aromatic rings. The van der Waals surface area contributed by atoms with Crippen molar-refractivity contribution in [3.63, 3.8) is 0 Å². The lowest BCUT2D eigenvalue weighted by Crippen LogP contribution is -1.99. The molecule has 0 radical (unpaired) electrons. The Bertz CT molecular complexity index is 2610. The highest BCUT2D eigenvalue weighted by molar-refractivity contribution is 6.25. The Morgan fingerprint density at radius 3 is 1.71 bits per heavy atom. The number of rotatable bonds is 2. The first-order valence-electron chi connectivity index (χ1n) is 15.5. The molecule has 0 atom stereocenters. The molecule has 0 aromatic heterocycles. The average Bonchev–Trinajstić information content (AvgIpc) is 3.10. The van der Waals surface area contributed by atoms with Gasteiger partial charge in [0.2, 0.25) is 0 Å². The molecule has 0 aliphatic carbocycles. The van der Waals surface area contributed by atoms with Gasteiger partial charge in [0.25, 0.3) is 0 Å². The van der Waals surface area contributed by atoms with Crippen LogP contribution in [0.4, 0.5) is 0 Å². The maximum Gasteiger partial charge on any atom is 0.135 e. The fourth-order valence-electron chi connectivity index (χ4n) is 7.61. The summed E-state index contributed by atoms with van der Waals surface area (Å²) < 4.78 is 6.79. The lowest BCUT2D eigenvalue weighted by Gasteiger charge is -2.24. The molecule has 45 heavy (non-hydrogen) atoms. The third kappa shape index (κ3) is 3.56. The van der Waals surface area contributed by atoms with E-state index in [2.05, 4.69) is 158 Å². The van der Waals surface area contributed by atoms with E-state index >= 15 is 0 Å². The highest BCUT2D eigenvalue weighted by Gasteiger charge is 2.24. The first-order valence-corrected chi connectivity index (χ1v) is 15.5. The SMILES string of the molecule is c1ccc(-c2cc3c4cccc5c4c(cc3c3ccccc23)-c2ccc(-c3c4ccccc4cc4ccccc34)cc2O5)cc1. The first kappa shape index (κ1) is 24.5. The molecule has 1 heterocycles. The highest BCUT2D eigenvalue weighted by Crippen LogP contribution is 2.51. The van der Waals surface area contributed by atoms with Crippen LogP contribution in [0.3, 0.4) is 0 Å². The summed E-state index contributed by atoms with van der Waals surface area (Å²) in [5.41, 5.74) is 7.24. The van der Waals surface area contributed by atoms with Crippen LogP contribution in [0.25, 0.3) is 87.2 Å². The number of fused-ring (bicyclic) bond motifs is 8. The molecule has 1 aliphatic rings. The lowest BCUT2D eigenvalue weighted by molar-refractivity contribution is 0.487. The van der Waals surface area contributed by atoms with Crippen molar-refractivity contribution in [1.82, 2.24) is 0 Å². The van der Waals surface area contributed by atoms with Gasteiger partial charge in [-0.25, -0.2) is 0 Å². The number of hydrogen-bond acceptors (Lipinski definition) is 1. The van der Waals surface area contributed by atoms with Gasteiger partial charge in [0.05, 0.1) is 0 Å². The van der Waals surface area contributed by atoms with Gasteiger partial charge in [-0.3, -0.25) is 0 Å². The Morgan fingerprint density at radius 2 is 0.933 bits per heavy atom. The quantitative estimate of drug-likeness (QED) is 0.148. The van der Waals surface area contributed by atoms with E-state index in [0.29, 0.717) is 0 Å². The molecule has 0 saturated carbocycles. The molecule has 9 aromatic carbocycles.